The summed E-state index contributed by atoms with van der Waals surface area (Å²) in [6, 6.07) is 8.28. The molecule has 0 bridgehead atoms. The Balaban J connectivity index is 0.00000338. The van der Waals surface area contributed by atoms with Crippen LogP contribution in [0.2, 0.25) is 0 Å². The summed E-state index contributed by atoms with van der Waals surface area (Å²) in [5, 5.41) is 3.42. The van der Waals surface area contributed by atoms with E-state index in [0.717, 1.165) is 76.4 Å². The van der Waals surface area contributed by atoms with Crippen LogP contribution in [0.4, 0.5) is 0 Å². The van der Waals surface area contributed by atoms with Gasteiger partial charge in [0.1, 0.15) is 5.75 Å². The van der Waals surface area contributed by atoms with E-state index in [1.54, 1.807) is 7.11 Å². The van der Waals surface area contributed by atoms with Gasteiger partial charge in [-0.05, 0) is 68.8 Å². The third-order valence-corrected chi connectivity index (χ3v) is 5.17. The van der Waals surface area contributed by atoms with E-state index in [-0.39, 0.29) is 12.4 Å². The first kappa shape index (κ1) is 22.8. The summed E-state index contributed by atoms with van der Waals surface area (Å²) >= 11 is 0. The number of rotatable bonds is 10. The predicted molar refractivity (Wildman–Crippen MR) is 110 cm³/mol. The number of benzene rings is 1. The molecule has 1 aromatic rings. The first-order chi connectivity index (χ1) is 12.2. The van der Waals surface area contributed by atoms with Crippen molar-refractivity contribution in [2.45, 2.75) is 51.9 Å². The van der Waals surface area contributed by atoms with Gasteiger partial charge in [0, 0.05) is 19.5 Å². The Morgan fingerprint density at radius 3 is 2.46 bits per heavy atom. The second-order valence-electron chi connectivity index (χ2n) is 7.04. The lowest BCUT2D eigenvalue weighted by Gasteiger charge is -2.32. The molecule has 0 radical (unpaired) electrons. The Kier molecular flexibility index (Phi) is 11.4. The summed E-state index contributed by atoms with van der Waals surface area (Å²) in [6.07, 6.45) is 7.35. The van der Waals surface area contributed by atoms with Crippen LogP contribution in [0.5, 0.6) is 5.75 Å². The third-order valence-electron chi connectivity index (χ3n) is 5.17. The number of carbonyl (C=O) groups excluding carboxylic acids is 1. The highest BCUT2D eigenvalue weighted by Crippen LogP contribution is 2.18. The monoisotopic (exact) mass is 382 g/mol. The molecular formula is C21H35ClN2O2. The fourth-order valence-electron chi connectivity index (χ4n) is 3.47. The average Bonchev–Trinajstić information content (AvgIpc) is 2.67. The highest BCUT2D eigenvalue weighted by molar-refractivity contribution is 5.85. The molecule has 1 fully saturated rings. The number of ether oxygens (including phenoxy) is 1. The van der Waals surface area contributed by atoms with Crippen LogP contribution in [-0.2, 0) is 11.2 Å². The predicted octanol–water partition coefficient (Wildman–Crippen LogP) is 4.07. The van der Waals surface area contributed by atoms with Crippen LogP contribution < -0.4 is 10.1 Å². The molecule has 1 N–H and O–H groups in total. The SMILES string of the molecule is CCNCC1CCN(C(=O)CCCCCc2ccc(OC)cc2)CC1.Cl. The molecule has 4 nitrogen and oxygen atoms in total. The van der Waals surface area contributed by atoms with Crippen molar-refractivity contribution in [1.82, 2.24) is 10.2 Å². The normalized spacial score (nSPS) is 14.8. The lowest BCUT2D eigenvalue weighted by molar-refractivity contribution is -0.132. The number of unbranched alkanes of at least 4 members (excludes halogenated alkanes) is 2. The molecule has 0 atom stereocenters. The lowest BCUT2D eigenvalue weighted by Crippen LogP contribution is -2.40. The number of carbonyl (C=O) groups is 1. The van der Waals surface area contributed by atoms with E-state index in [9.17, 15) is 4.79 Å². The van der Waals surface area contributed by atoms with E-state index in [0.29, 0.717) is 12.3 Å². The first-order valence-electron chi connectivity index (χ1n) is 9.84. The van der Waals surface area contributed by atoms with Crippen LogP contribution in [0.1, 0.15) is 51.0 Å². The van der Waals surface area contributed by atoms with Gasteiger partial charge >= 0.3 is 0 Å². The topological polar surface area (TPSA) is 41.6 Å². The van der Waals surface area contributed by atoms with E-state index in [1.165, 1.54) is 5.56 Å². The number of halogens is 1. The molecule has 0 aliphatic carbocycles. The van der Waals surface area contributed by atoms with Gasteiger partial charge in [0.25, 0.3) is 0 Å². The molecule has 1 aliphatic heterocycles. The van der Waals surface area contributed by atoms with Crippen LogP contribution in [0.3, 0.4) is 0 Å². The van der Waals surface area contributed by atoms with Gasteiger partial charge in [-0.25, -0.2) is 0 Å². The van der Waals surface area contributed by atoms with Crippen LogP contribution in [-0.4, -0.2) is 44.1 Å². The van der Waals surface area contributed by atoms with Crippen molar-refractivity contribution in [2.24, 2.45) is 5.92 Å². The van der Waals surface area contributed by atoms with Crippen LogP contribution in [0.25, 0.3) is 0 Å². The highest BCUT2D eigenvalue weighted by Gasteiger charge is 2.21. The van der Waals surface area contributed by atoms with Gasteiger partial charge in [-0.2, -0.15) is 0 Å². The minimum absolute atomic E-state index is 0. The second-order valence-corrected chi connectivity index (χ2v) is 7.04. The number of amides is 1. The Morgan fingerprint density at radius 1 is 1.15 bits per heavy atom. The van der Waals surface area contributed by atoms with Crippen LogP contribution in [0, 0.1) is 5.92 Å². The lowest BCUT2D eigenvalue weighted by atomic mass is 9.96. The molecule has 1 amide bonds. The fraction of sp³-hybridized carbons (Fsp3) is 0.667. The van der Waals surface area contributed by atoms with E-state index in [1.807, 2.05) is 12.1 Å². The zero-order valence-corrected chi connectivity index (χ0v) is 17.2. The summed E-state index contributed by atoms with van der Waals surface area (Å²) in [5.74, 6) is 2.00. The minimum atomic E-state index is 0. The molecule has 0 saturated carbocycles. The zero-order valence-electron chi connectivity index (χ0n) is 16.3. The van der Waals surface area contributed by atoms with Gasteiger partial charge in [0.15, 0.2) is 0 Å². The summed E-state index contributed by atoms with van der Waals surface area (Å²) in [5.41, 5.74) is 1.34. The summed E-state index contributed by atoms with van der Waals surface area (Å²) < 4.78 is 5.18. The van der Waals surface area contributed by atoms with E-state index in [4.69, 9.17) is 4.74 Å². The molecule has 1 saturated heterocycles. The van der Waals surface area contributed by atoms with Crippen molar-refractivity contribution in [3.63, 3.8) is 0 Å². The molecule has 148 valence electrons. The first-order valence-corrected chi connectivity index (χ1v) is 9.84. The number of methoxy groups -OCH3 is 1. The zero-order chi connectivity index (χ0) is 17.9. The van der Waals surface area contributed by atoms with Crippen molar-refractivity contribution in [3.8, 4) is 5.75 Å². The second kappa shape index (κ2) is 13.0. The number of aryl methyl sites for hydroxylation is 1. The van der Waals surface area contributed by atoms with Gasteiger partial charge < -0.3 is 15.0 Å². The maximum atomic E-state index is 12.3. The number of hydrogen-bond acceptors (Lipinski definition) is 3. The van der Waals surface area contributed by atoms with Gasteiger partial charge in [-0.15, -0.1) is 12.4 Å². The average molecular weight is 383 g/mol. The number of likely N-dealkylation sites (tertiary alicyclic amines) is 1. The Labute approximate surface area is 165 Å². The largest absolute Gasteiger partial charge is 0.497 e. The molecule has 0 unspecified atom stereocenters. The summed E-state index contributed by atoms with van der Waals surface area (Å²) in [6.45, 7) is 6.17. The van der Waals surface area contributed by atoms with Crippen molar-refractivity contribution < 1.29 is 9.53 Å². The van der Waals surface area contributed by atoms with Crippen LogP contribution >= 0.6 is 12.4 Å². The highest BCUT2D eigenvalue weighted by atomic mass is 35.5. The summed E-state index contributed by atoms with van der Waals surface area (Å²) in [4.78, 5) is 14.4. The third kappa shape index (κ3) is 7.96. The Hall–Kier alpha value is -1.26. The van der Waals surface area contributed by atoms with Crippen molar-refractivity contribution in [3.05, 3.63) is 29.8 Å². The quantitative estimate of drug-likeness (QED) is 0.620. The number of nitrogens with one attached hydrogen (secondary N) is 1. The molecule has 2 rings (SSSR count). The standard InChI is InChI=1S/C21H34N2O2.ClH/c1-3-22-17-19-13-15-23(16-14-19)21(24)8-6-4-5-7-18-9-11-20(25-2)12-10-18;/h9-12,19,22H,3-8,13-17H2,1-2H3;1H. The van der Waals surface area contributed by atoms with Gasteiger partial charge in [-0.1, -0.05) is 25.5 Å². The van der Waals surface area contributed by atoms with E-state index < -0.39 is 0 Å². The maximum Gasteiger partial charge on any atom is 0.222 e. The molecule has 26 heavy (non-hydrogen) atoms. The smallest absolute Gasteiger partial charge is 0.222 e. The van der Waals surface area contributed by atoms with E-state index in [2.05, 4.69) is 29.3 Å². The summed E-state index contributed by atoms with van der Waals surface area (Å²) in [7, 11) is 1.69. The maximum absolute atomic E-state index is 12.3. The molecule has 5 heteroatoms. The van der Waals surface area contributed by atoms with E-state index >= 15 is 0 Å². The minimum Gasteiger partial charge on any atom is -0.497 e. The molecule has 0 spiro atoms. The van der Waals surface area contributed by atoms with Gasteiger partial charge in [0.2, 0.25) is 5.91 Å². The molecule has 1 aromatic carbocycles. The molecular weight excluding hydrogens is 348 g/mol. The number of nitrogens with zero attached hydrogens (tertiary/aromatic N) is 1. The van der Waals surface area contributed by atoms with Gasteiger partial charge in [-0.3, -0.25) is 4.79 Å². The Bertz CT molecular complexity index is 499. The molecule has 1 aliphatic rings. The van der Waals surface area contributed by atoms with Crippen molar-refractivity contribution >= 4 is 18.3 Å². The number of piperidine rings is 1. The molecule has 0 aromatic heterocycles. The fourth-order valence-corrected chi connectivity index (χ4v) is 3.47. The number of hydrogen-bond donors (Lipinski definition) is 1. The van der Waals surface area contributed by atoms with Crippen molar-refractivity contribution in [2.75, 3.05) is 33.3 Å². The molecule has 1 heterocycles. The van der Waals surface area contributed by atoms with Gasteiger partial charge in [0.05, 0.1) is 7.11 Å². The Morgan fingerprint density at radius 2 is 1.85 bits per heavy atom. The van der Waals surface area contributed by atoms with Crippen molar-refractivity contribution in [1.29, 1.82) is 0 Å². The van der Waals surface area contributed by atoms with Crippen LogP contribution in [0.15, 0.2) is 24.3 Å².